The number of nitrogens with one attached hydrogen (secondary N) is 5. The van der Waals surface area contributed by atoms with E-state index in [4.69, 9.17) is 21.6 Å². The number of aliphatic hydroxyl groups is 2. The maximum absolute atomic E-state index is 12.6. The number of rotatable bonds is 6. The molecule has 9 nitrogen and oxygen atoms in total. The van der Waals surface area contributed by atoms with Crippen LogP contribution in [0.3, 0.4) is 0 Å². The third-order valence-electron chi connectivity index (χ3n) is 14.4. The van der Waals surface area contributed by atoms with Gasteiger partial charge in [0, 0.05) is 5.02 Å². The van der Waals surface area contributed by atoms with Crippen molar-refractivity contribution in [2.45, 2.75) is 99.3 Å². The minimum atomic E-state index is -4.36. The second-order valence-corrected chi connectivity index (χ2v) is 19.7. The first-order valence-electron chi connectivity index (χ1n) is 25.6. The number of methoxy groups -OCH3 is 1. The summed E-state index contributed by atoms with van der Waals surface area (Å²) in [5.41, 5.74) is 3.62. The molecule has 0 bridgehead atoms. The highest BCUT2D eigenvalue weighted by Crippen LogP contribution is 2.36. The van der Waals surface area contributed by atoms with Crippen molar-refractivity contribution in [3.05, 3.63) is 171 Å². The molecule has 0 atom stereocenters. The number of nitriles is 1. The van der Waals surface area contributed by atoms with E-state index in [1.165, 1.54) is 61.3 Å². The monoisotopic (exact) mass is 1010 g/mol. The molecule has 10 rings (SSSR count). The normalized spacial score (nSPS) is 19.2. The summed E-state index contributed by atoms with van der Waals surface area (Å²) in [6.07, 6.45) is 5.28. The van der Waals surface area contributed by atoms with E-state index in [9.17, 15) is 27.8 Å². The van der Waals surface area contributed by atoms with Gasteiger partial charge >= 0.3 is 6.18 Å². The van der Waals surface area contributed by atoms with E-state index < -0.39 is 22.9 Å². The zero-order valence-corrected chi connectivity index (χ0v) is 42.3. The Labute approximate surface area is 429 Å². The lowest BCUT2D eigenvalue weighted by Gasteiger charge is -2.33. The van der Waals surface area contributed by atoms with Gasteiger partial charge in [-0.2, -0.15) is 18.4 Å². The molecule has 5 aromatic carbocycles. The van der Waals surface area contributed by atoms with Crippen LogP contribution in [-0.2, 0) is 17.4 Å². The summed E-state index contributed by atoms with van der Waals surface area (Å²) in [6, 6.07) is 37.9. The number of alkyl halides is 3. The summed E-state index contributed by atoms with van der Waals surface area (Å²) >= 11 is 5.80. The molecule has 388 valence electrons. The van der Waals surface area contributed by atoms with E-state index in [2.05, 4.69) is 63.0 Å². The van der Waals surface area contributed by atoms with Gasteiger partial charge in [0.25, 0.3) is 0 Å². The zero-order chi connectivity index (χ0) is 51.2. The number of ether oxygens (including phenoxy) is 1. The van der Waals surface area contributed by atoms with E-state index in [0.29, 0.717) is 54.3 Å². The molecule has 0 saturated carbocycles. The van der Waals surface area contributed by atoms with Gasteiger partial charge in [-0.05, 0) is 230 Å². The van der Waals surface area contributed by atoms with Crippen molar-refractivity contribution in [2.75, 3.05) is 72.6 Å². The summed E-state index contributed by atoms with van der Waals surface area (Å²) in [4.78, 5) is 0. The second-order valence-electron chi connectivity index (χ2n) is 19.2. The van der Waals surface area contributed by atoms with Crippen molar-refractivity contribution in [1.29, 1.82) is 5.26 Å². The number of benzene rings is 5. The topological polar surface area (TPSA) is 134 Å². The molecule has 5 aliphatic heterocycles. The highest BCUT2D eigenvalue weighted by atomic mass is 35.5. The molecule has 5 heterocycles. The Morgan fingerprint density at radius 2 is 1.00 bits per heavy atom. The summed E-state index contributed by atoms with van der Waals surface area (Å²) in [7, 11) is 1.75. The number of piperidine rings is 5. The molecule has 0 spiro atoms. The number of para-hydroxylation sites is 1. The summed E-state index contributed by atoms with van der Waals surface area (Å²) in [5.74, 6) is 2.88. The highest BCUT2D eigenvalue weighted by Gasteiger charge is 2.35. The lowest BCUT2D eigenvalue weighted by atomic mass is 9.84. The quantitative estimate of drug-likeness (QED) is 0.0831. The van der Waals surface area contributed by atoms with Gasteiger partial charge in [0.15, 0.2) is 0 Å². The van der Waals surface area contributed by atoms with Crippen molar-refractivity contribution in [3.63, 3.8) is 0 Å². The molecule has 0 aliphatic carbocycles. The first-order chi connectivity index (χ1) is 34.8. The maximum Gasteiger partial charge on any atom is 0.416 e. The molecule has 5 fully saturated rings. The van der Waals surface area contributed by atoms with Gasteiger partial charge in [0.2, 0.25) is 0 Å². The van der Waals surface area contributed by atoms with Crippen LogP contribution in [0, 0.1) is 17.1 Å². The lowest BCUT2D eigenvalue weighted by Crippen LogP contribution is -2.39. The third-order valence-corrected chi connectivity index (χ3v) is 14.7. The van der Waals surface area contributed by atoms with Crippen LogP contribution in [0.25, 0.3) is 0 Å². The average molecular weight is 1010 g/mol. The smallest absolute Gasteiger partial charge is 0.416 e. The molecule has 0 amide bonds. The fourth-order valence-electron chi connectivity index (χ4n) is 10.0. The van der Waals surface area contributed by atoms with Crippen molar-refractivity contribution in [1.82, 2.24) is 26.6 Å². The fraction of sp³-hybridized carbons (Fsp3) is 0.466. The fourth-order valence-corrected chi connectivity index (χ4v) is 10.1. The van der Waals surface area contributed by atoms with Crippen LogP contribution in [0.4, 0.5) is 17.6 Å². The number of halogens is 5. The minimum Gasteiger partial charge on any atom is -0.496 e. The molecule has 7 N–H and O–H groups in total. The summed E-state index contributed by atoms with van der Waals surface area (Å²) in [5, 5.41) is 46.4. The van der Waals surface area contributed by atoms with Gasteiger partial charge in [0.05, 0.1) is 35.5 Å². The lowest BCUT2D eigenvalue weighted by molar-refractivity contribution is -0.137. The molecular weight excluding hydrogens is 940 g/mol. The average Bonchev–Trinajstić information content (AvgIpc) is 3.43. The SMILES string of the molecule is COc1ccccc1C1CCNCC1.Fc1ccc(C2CCNCC2)cc1.N#Cc1ccc(C2CCNCC2)cc1.OC1(c2ccc(Cl)cc2)CCNCC1.OC1(c2cccc(C(F)(F)F)c2)CCNCC1. The van der Waals surface area contributed by atoms with Gasteiger partial charge in [-0.1, -0.05) is 78.3 Å². The Kier molecular flexibility index (Phi) is 22.4. The standard InChI is InChI=1S/C12H14F3NO.C12H14N2.C12H17NO.C11H14ClNO.C11H14FN/c13-12(14,15)10-3-1-2-9(8-10)11(17)4-6-16-7-5-11;13-9-10-1-3-11(4-2-10)12-5-7-14-8-6-12;1-14-12-5-3-2-4-11(12)10-6-8-13-9-7-10;12-10-3-1-9(2-4-10)11(14)5-7-13-8-6-11;12-11-3-1-9(2-4-11)10-5-7-13-8-6-10/h1-3,8,16-17H,4-7H2;1-4,12,14H,5-8H2;2-5,10,13H,6-9H2,1H3;1-4,13-14H,5-8H2;1-4,10,13H,5-8H2. The Hall–Kier alpha value is -4.88. The van der Waals surface area contributed by atoms with Crippen molar-refractivity contribution >= 4 is 11.6 Å². The first-order valence-corrected chi connectivity index (χ1v) is 26.0. The van der Waals surface area contributed by atoms with Crippen LogP contribution in [0.5, 0.6) is 5.75 Å². The molecule has 5 aromatic rings. The highest BCUT2D eigenvalue weighted by molar-refractivity contribution is 6.30. The minimum absolute atomic E-state index is 0.141. The van der Waals surface area contributed by atoms with Crippen molar-refractivity contribution in [3.8, 4) is 11.8 Å². The second kappa shape index (κ2) is 28.5. The Morgan fingerprint density at radius 1 is 0.556 bits per heavy atom. The Balaban J connectivity index is 0.000000147. The molecule has 14 heteroatoms. The molecule has 0 aromatic heterocycles. The van der Waals surface area contributed by atoms with E-state index in [1.807, 2.05) is 54.6 Å². The van der Waals surface area contributed by atoms with Crippen LogP contribution in [-0.4, -0.2) is 82.8 Å². The van der Waals surface area contributed by atoms with Gasteiger partial charge in [0.1, 0.15) is 11.6 Å². The summed E-state index contributed by atoms with van der Waals surface area (Å²) in [6.45, 7) is 9.64. The zero-order valence-electron chi connectivity index (χ0n) is 41.6. The predicted octanol–water partition coefficient (Wildman–Crippen LogP) is 10.7. The Morgan fingerprint density at radius 3 is 1.47 bits per heavy atom. The first kappa shape index (κ1) is 56.4. The maximum atomic E-state index is 12.6. The molecule has 72 heavy (non-hydrogen) atoms. The molecule has 5 saturated heterocycles. The molecule has 0 radical (unpaired) electrons. The van der Waals surface area contributed by atoms with Crippen LogP contribution in [0.1, 0.15) is 121 Å². The van der Waals surface area contributed by atoms with E-state index in [0.717, 1.165) is 94.2 Å². The van der Waals surface area contributed by atoms with Crippen LogP contribution < -0.4 is 31.3 Å². The van der Waals surface area contributed by atoms with E-state index in [1.54, 1.807) is 25.3 Å². The van der Waals surface area contributed by atoms with Gasteiger partial charge in [-0.15, -0.1) is 0 Å². The number of nitrogens with zero attached hydrogens (tertiary/aromatic N) is 1. The van der Waals surface area contributed by atoms with Gasteiger partial charge in [-0.25, -0.2) is 4.39 Å². The van der Waals surface area contributed by atoms with Crippen LogP contribution in [0.2, 0.25) is 5.02 Å². The van der Waals surface area contributed by atoms with Gasteiger partial charge in [-0.3, -0.25) is 0 Å². The third kappa shape index (κ3) is 17.4. The molecule has 5 aliphatic rings. The van der Waals surface area contributed by atoms with Crippen LogP contribution >= 0.6 is 11.6 Å². The number of hydrogen-bond donors (Lipinski definition) is 7. The van der Waals surface area contributed by atoms with Gasteiger partial charge < -0.3 is 41.5 Å². The predicted molar refractivity (Wildman–Crippen MR) is 280 cm³/mol. The summed E-state index contributed by atoms with van der Waals surface area (Å²) < 4.78 is 55.7. The van der Waals surface area contributed by atoms with E-state index >= 15 is 0 Å². The van der Waals surface area contributed by atoms with Crippen molar-refractivity contribution < 1.29 is 32.5 Å². The molecule has 0 unspecified atom stereocenters. The van der Waals surface area contributed by atoms with Crippen molar-refractivity contribution in [2.24, 2.45) is 0 Å². The largest absolute Gasteiger partial charge is 0.496 e. The molecular formula is C58H73ClF4N6O3. The van der Waals surface area contributed by atoms with Crippen LogP contribution in [0.15, 0.2) is 121 Å². The van der Waals surface area contributed by atoms with E-state index in [-0.39, 0.29) is 5.82 Å². The Bertz CT molecular complexity index is 2370. The number of hydrogen-bond acceptors (Lipinski definition) is 9.